The van der Waals surface area contributed by atoms with Gasteiger partial charge in [-0.05, 0) is 56.6 Å². The van der Waals surface area contributed by atoms with E-state index >= 15 is 0 Å². The number of fused-ring (bicyclic) bond motifs is 1. The number of rotatable bonds is 4. The topological polar surface area (TPSA) is 36.0 Å². The Morgan fingerprint density at radius 1 is 1.12 bits per heavy atom. The standard InChI is InChI=1S/C25H29F4N3O2/c1-15-13-31(14-16(2)30(15)3)21-12-20-17(10-22(21)34-4)8-9-32(20)23(33)11-18-6-5-7-19(26)24(18)25(27,28)29/h5-7,10,12,15-16H,8-9,11,13-14H2,1-4H3. The summed E-state index contributed by atoms with van der Waals surface area (Å²) in [4.78, 5) is 19.2. The molecule has 0 saturated carbocycles. The molecule has 4 rings (SSSR count). The van der Waals surface area contributed by atoms with Crippen LogP contribution in [0.5, 0.6) is 5.75 Å². The molecule has 2 aliphatic heterocycles. The highest BCUT2D eigenvalue weighted by Gasteiger charge is 2.38. The van der Waals surface area contributed by atoms with E-state index in [0.29, 0.717) is 36.5 Å². The first kappa shape index (κ1) is 24.3. The predicted molar refractivity (Wildman–Crippen MR) is 123 cm³/mol. The maximum atomic E-state index is 14.0. The lowest BCUT2D eigenvalue weighted by atomic mass is 10.0. The van der Waals surface area contributed by atoms with Gasteiger partial charge in [0.05, 0.1) is 24.8 Å². The van der Waals surface area contributed by atoms with Crippen molar-refractivity contribution in [3.63, 3.8) is 0 Å². The second-order valence-corrected chi connectivity index (χ2v) is 9.17. The number of hydrogen-bond acceptors (Lipinski definition) is 4. The van der Waals surface area contributed by atoms with Crippen LogP contribution in [0.25, 0.3) is 0 Å². The highest BCUT2D eigenvalue weighted by atomic mass is 19.4. The molecule has 34 heavy (non-hydrogen) atoms. The Labute approximate surface area is 196 Å². The lowest BCUT2D eigenvalue weighted by Gasteiger charge is -2.44. The Hall–Kier alpha value is -2.81. The van der Waals surface area contributed by atoms with Gasteiger partial charge in [-0.1, -0.05) is 12.1 Å². The Morgan fingerprint density at radius 2 is 1.79 bits per heavy atom. The van der Waals surface area contributed by atoms with Gasteiger partial charge in [0.15, 0.2) is 0 Å². The molecule has 1 amide bonds. The number of piperazine rings is 1. The van der Waals surface area contributed by atoms with Crippen molar-refractivity contribution < 1.29 is 27.1 Å². The summed E-state index contributed by atoms with van der Waals surface area (Å²) in [6, 6.07) is 7.56. The predicted octanol–water partition coefficient (Wildman–Crippen LogP) is 4.51. The summed E-state index contributed by atoms with van der Waals surface area (Å²) >= 11 is 0. The van der Waals surface area contributed by atoms with Gasteiger partial charge in [-0.25, -0.2) is 4.39 Å². The van der Waals surface area contributed by atoms with Gasteiger partial charge in [0.1, 0.15) is 11.6 Å². The molecule has 0 aliphatic carbocycles. The molecule has 9 heteroatoms. The van der Waals surface area contributed by atoms with Crippen molar-refractivity contribution in [2.24, 2.45) is 0 Å². The van der Waals surface area contributed by atoms with E-state index in [9.17, 15) is 22.4 Å². The second-order valence-electron chi connectivity index (χ2n) is 9.17. The van der Waals surface area contributed by atoms with Crippen molar-refractivity contribution in [1.82, 2.24) is 4.90 Å². The molecule has 2 unspecified atom stereocenters. The van der Waals surface area contributed by atoms with Crippen LogP contribution in [0.4, 0.5) is 28.9 Å². The summed E-state index contributed by atoms with van der Waals surface area (Å²) in [6.07, 6.45) is -4.84. The van der Waals surface area contributed by atoms with Crippen LogP contribution >= 0.6 is 0 Å². The summed E-state index contributed by atoms with van der Waals surface area (Å²) in [5.74, 6) is -1.16. The van der Waals surface area contributed by atoms with Gasteiger partial charge >= 0.3 is 6.18 Å². The first-order chi connectivity index (χ1) is 16.0. The number of halogens is 4. The SMILES string of the molecule is COc1cc2c(cc1N1CC(C)N(C)C(C)C1)N(C(=O)Cc1cccc(F)c1C(F)(F)F)CC2. The van der Waals surface area contributed by atoms with E-state index in [4.69, 9.17) is 4.74 Å². The van der Waals surface area contributed by atoms with E-state index in [1.54, 1.807) is 7.11 Å². The van der Waals surface area contributed by atoms with Crippen molar-refractivity contribution in [3.8, 4) is 5.75 Å². The fourth-order valence-electron chi connectivity index (χ4n) is 4.97. The van der Waals surface area contributed by atoms with Crippen molar-refractivity contribution in [2.75, 3.05) is 43.6 Å². The molecule has 0 spiro atoms. The zero-order valence-corrected chi connectivity index (χ0v) is 19.7. The van der Waals surface area contributed by atoms with E-state index in [1.807, 2.05) is 12.1 Å². The summed E-state index contributed by atoms with van der Waals surface area (Å²) in [6.45, 7) is 6.21. The highest BCUT2D eigenvalue weighted by Crippen LogP contribution is 2.41. The van der Waals surface area contributed by atoms with Crippen molar-refractivity contribution in [2.45, 2.75) is 44.9 Å². The number of methoxy groups -OCH3 is 1. The van der Waals surface area contributed by atoms with Gasteiger partial charge in [-0.3, -0.25) is 9.69 Å². The Kier molecular flexibility index (Phi) is 6.50. The number of amides is 1. The van der Waals surface area contributed by atoms with Crippen molar-refractivity contribution in [1.29, 1.82) is 0 Å². The first-order valence-electron chi connectivity index (χ1n) is 11.3. The third kappa shape index (κ3) is 4.45. The first-order valence-corrected chi connectivity index (χ1v) is 11.3. The van der Waals surface area contributed by atoms with Crippen LogP contribution in [0.15, 0.2) is 30.3 Å². The number of ether oxygens (including phenoxy) is 1. The molecular formula is C25H29F4N3O2. The number of benzene rings is 2. The number of carbonyl (C=O) groups excluding carboxylic acids is 1. The largest absolute Gasteiger partial charge is 0.495 e. The number of alkyl halides is 3. The van der Waals surface area contributed by atoms with Crippen LogP contribution in [0.3, 0.4) is 0 Å². The Morgan fingerprint density at radius 3 is 2.41 bits per heavy atom. The average molecular weight is 480 g/mol. The molecule has 0 aromatic heterocycles. The van der Waals surface area contributed by atoms with E-state index < -0.39 is 29.9 Å². The van der Waals surface area contributed by atoms with Crippen molar-refractivity contribution in [3.05, 3.63) is 52.8 Å². The quantitative estimate of drug-likeness (QED) is 0.605. The number of likely N-dealkylation sites (N-methyl/N-ethyl adjacent to an activating group) is 1. The lowest BCUT2D eigenvalue weighted by Crippen LogP contribution is -2.55. The number of hydrogen-bond donors (Lipinski definition) is 0. The van der Waals surface area contributed by atoms with Gasteiger partial charge in [0, 0.05) is 37.4 Å². The maximum Gasteiger partial charge on any atom is 0.419 e. The monoisotopic (exact) mass is 479 g/mol. The molecule has 2 heterocycles. The summed E-state index contributed by atoms with van der Waals surface area (Å²) in [7, 11) is 3.70. The summed E-state index contributed by atoms with van der Waals surface area (Å²) in [5, 5.41) is 0. The number of carbonyl (C=O) groups is 1. The molecule has 1 fully saturated rings. The second kappa shape index (κ2) is 9.09. The van der Waals surface area contributed by atoms with Crippen LogP contribution in [0.1, 0.15) is 30.5 Å². The number of anilines is 2. The molecule has 1 saturated heterocycles. The smallest absolute Gasteiger partial charge is 0.419 e. The Bertz CT molecular complexity index is 1080. The molecular weight excluding hydrogens is 450 g/mol. The molecule has 5 nitrogen and oxygen atoms in total. The van der Waals surface area contributed by atoms with E-state index in [1.165, 1.54) is 11.0 Å². The molecule has 2 atom stereocenters. The van der Waals surface area contributed by atoms with E-state index in [2.05, 4.69) is 30.7 Å². The van der Waals surface area contributed by atoms with Gasteiger partial charge in [-0.2, -0.15) is 13.2 Å². The minimum atomic E-state index is -4.88. The average Bonchev–Trinajstić information content (AvgIpc) is 3.18. The van der Waals surface area contributed by atoms with E-state index in [0.717, 1.165) is 36.5 Å². The minimum Gasteiger partial charge on any atom is -0.495 e. The molecule has 0 N–H and O–H groups in total. The van der Waals surface area contributed by atoms with Gasteiger partial charge in [-0.15, -0.1) is 0 Å². The zero-order chi connectivity index (χ0) is 24.8. The summed E-state index contributed by atoms with van der Waals surface area (Å²) in [5.41, 5.74) is 0.693. The summed E-state index contributed by atoms with van der Waals surface area (Å²) < 4.78 is 59.9. The third-order valence-corrected chi connectivity index (χ3v) is 7.00. The van der Waals surface area contributed by atoms with Crippen LogP contribution in [-0.2, 0) is 23.8 Å². The van der Waals surface area contributed by atoms with Gasteiger partial charge < -0.3 is 14.5 Å². The normalized spacial score (nSPS) is 21.1. The fourth-order valence-corrected chi connectivity index (χ4v) is 4.97. The molecule has 0 bridgehead atoms. The lowest BCUT2D eigenvalue weighted by molar-refractivity contribution is -0.140. The molecule has 2 aliphatic rings. The van der Waals surface area contributed by atoms with Crippen molar-refractivity contribution >= 4 is 17.3 Å². The molecule has 184 valence electrons. The van der Waals surface area contributed by atoms with Crippen LogP contribution in [0.2, 0.25) is 0 Å². The fraction of sp³-hybridized carbons (Fsp3) is 0.480. The molecule has 2 aromatic carbocycles. The number of nitrogens with zero attached hydrogens (tertiary/aromatic N) is 3. The van der Waals surface area contributed by atoms with Gasteiger partial charge in [0.2, 0.25) is 5.91 Å². The maximum absolute atomic E-state index is 14.0. The zero-order valence-electron chi connectivity index (χ0n) is 19.7. The van der Waals surface area contributed by atoms with Crippen LogP contribution in [-0.4, -0.2) is 56.7 Å². The third-order valence-electron chi connectivity index (χ3n) is 7.00. The minimum absolute atomic E-state index is 0.313. The van der Waals surface area contributed by atoms with Crippen LogP contribution < -0.4 is 14.5 Å². The highest BCUT2D eigenvalue weighted by molar-refractivity contribution is 5.98. The van der Waals surface area contributed by atoms with Gasteiger partial charge in [0.25, 0.3) is 0 Å². The molecule has 0 radical (unpaired) electrons. The Balaban J connectivity index is 1.65. The van der Waals surface area contributed by atoms with Crippen LogP contribution in [0, 0.1) is 5.82 Å². The molecule has 2 aromatic rings. The van der Waals surface area contributed by atoms with E-state index in [-0.39, 0.29) is 5.56 Å².